The molecule has 0 aliphatic heterocycles. The predicted octanol–water partition coefficient (Wildman–Crippen LogP) is 3.21. The van der Waals surface area contributed by atoms with Gasteiger partial charge in [-0.25, -0.2) is 9.59 Å². The van der Waals surface area contributed by atoms with Gasteiger partial charge < -0.3 is 14.6 Å². The van der Waals surface area contributed by atoms with Crippen molar-refractivity contribution in [2.24, 2.45) is 5.92 Å². The number of para-hydroxylation sites is 1. The van der Waals surface area contributed by atoms with Crippen LogP contribution in [0, 0.1) is 5.92 Å². The fraction of sp³-hybridized carbons (Fsp3) is 0.273. The van der Waals surface area contributed by atoms with Crippen molar-refractivity contribution in [2.45, 2.75) is 20.3 Å². The lowest BCUT2D eigenvalue weighted by Crippen LogP contribution is -2.14. The van der Waals surface area contributed by atoms with Gasteiger partial charge in [-0.2, -0.15) is 0 Å². The maximum Gasteiger partial charge on any atom is 0.340 e. The molecule has 0 amide bonds. The second-order valence-electron chi connectivity index (χ2n) is 7.47. The minimum Gasteiger partial charge on any atom is -0.506 e. The Morgan fingerprint density at radius 2 is 1.90 bits per heavy atom. The van der Waals surface area contributed by atoms with Gasteiger partial charge in [0.2, 0.25) is 0 Å². The van der Waals surface area contributed by atoms with Crippen molar-refractivity contribution in [3.05, 3.63) is 60.2 Å². The highest BCUT2D eigenvalue weighted by molar-refractivity contribution is 6.03. The van der Waals surface area contributed by atoms with Gasteiger partial charge in [-0.3, -0.25) is 0 Å². The Kier molecular flexibility index (Phi) is 4.99. The van der Waals surface area contributed by atoms with E-state index < -0.39 is 11.9 Å². The van der Waals surface area contributed by atoms with E-state index in [-0.39, 0.29) is 19.0 Å². The molecule has 2 aromatic heterocycles. The van der Waals surface area contributed by atoms with E-state index in [1.165, 1.54) is 0 Å². The summed E-state index contributed by atoms with van der Waals surface area (Å²) in [5.41, 5.74) is 3.74. The molecule has 1 N–H and O–H groups in total. The Morgan fingerprint density at radius 1 is 1.13 bits per heavy atom. The number of hydrogen-bond donors (Lipinski definition) is 1. The van der Waals surface area contributed by atoms with Gasteiger partial charge in [0.15, 0.2) is 0 Å². The van der Waals surface area contributed by atoms with E-state index in [0.29, 0.717) is 22.7 Å². The molecule has 0 aliphatic carbocycles. The average Bonchev–Trinajstić information content (AvgIpc) is 3.37. The number of phenols is 1. The van der Waals surface area contributed by atoms with Crippen LogP contribution in [0.15, 0.2) is 49.1 Å². The number of carbonyl (C=O) groups is 2. The van der Waals surface area contributed by atoms with Crippen molar-refractivity contribution in [1.29, 1.82) is 0 Å². The highest BCUT2D eigenvalue weighted by atomic mass is 16.6. The van der Waals surface area contributed by atoms with Crippen molar-refractivity contribution in [2.75, 3.05) is 13.2 Å². The van der Waals surface area contributed by atoms with Crippen LogP contribution in [0.2, 0.25) is 0 Å². The number of carbonyl (C=O) groups excluding carboxylic acids is 2. The molecule has 4 rings (SSSR count). The molecule has 30 heavy (non-hydrogen) atoms. The first-order chi connectivity index (χ1) is 14.4. The number of benzene rings is 2. The van der Waals surface area contributed by atoms with E-state index in [4.69, 9.17) is 9.47 Å². The fourth-order valence-electron chi connectivity index (χ4n) is 3.49. The van der Waals surface area contributed by atoms with Gasteiger partial charge in [0, 0.05) is 6.08 Å². The SMILES string of the molecule is C=CC(=O)OCCOC(=O)c1cccc2c1n1n(-c3cc(CC(C)C)ccc3O)n21. The molecule has 156 valence electrons. The molecule has 0 aliphatic rings. The summed E-state index contributed by atoms with van der Waals surface area (Å²) in [6, 6.07) is 10.9. The number of rotatable bonds is 8. The van der Waals surface area contributed by atoms with Crippen LogP contribution in [-0.4, -0.2) is 44.3 Å². The normalized spacial score (nSPS) is 11.6. The molecule has 0 radical (unpaired) electrons. The van der Waals surface area contributed by atoms with Crippen molar-refractivity contribution in [3.63, 3.8) is 0 Å². The average molecular weight is 409 g/mol. The van der Waals surface area contributed by atoms with Crippen LogP contribution in [0.5, 0.6) is 5.75 Å². The summed E-state index contributed by atoms with van der Waals surface area (Å²) in [6.07, 6.45) is 1.96. The van der Waals surface area contributed by atoms with Crippen molar-refractivity contribution in [1.82, 2.24) is 14.1 Å². The van der Waals surface area contributed by atoms with E-state index in [9.17, 15) is 14.7 Å². The second-order valence-corrected chi connectivity index (χ2v) is 7.47. The minimum absolute atomic E-state index is 0.0376. The first-order valence-corrected chi connectivity index (χ1v) is 9.73. The lowest BCUT2D eigenvalue weighted by molar-refractivity contribution is -0.138. The van der Waals surface area contributed by atoms with Gasteiger partial charge in [-0.05, 0) is 42.2 Å². The van der Waals surface area contributed by atoms with Crippen LogP contribution in [-0.2, 0) is 20.7 Å². The Hall–Kier alpha value is -3.68. The smallest absolute Gasteiger partial charge is 0.340 e. The summed E-state index contributed by atoms with van der Waals surface area (Å²) in [6.45, 7) is 7.51. The summed E-state index contributed by atoms with van der Waals surface area (Å²) in [7, 11) is 0. The summed E-state index contributed by atoms with van der Waals surface area (Å²) in [5, 5.41) is 10.4. The maximum atomic E-state index is 12.5. The van der Waals surface area contributed by atoms with Crippen LogP contribution < -0.4 is 0 Å². The third-order valence-electron chi connectivity index (χ3n) is 4.78. The number of ether oxygens (including phenoxy) is 2. The zero-order valence-electron chi connectivity index (χ0n) is 16.9. The van der Waals surface area contributed by atoms with E-state index in [1.54, 1.807) is 22.8 Å². The number of hydrogen-bond acceptors (Lipinski definition) is 5. The molecule has 8 nitrogen and oxygen atoms in total. The number of esters is 2. The van der Waals surface area contributed by atoms with E-state index >= 15 is 0 Å². The molecular weight excluding hydrogens is 386 g/mol. The topological polar surface area (TPSA) is 86.6 Å². The van der Waals surface area contributed by atoms with Gasteiger partial charge in [0.1, 0.15) is 35.7 Å². The van der Waals surface area contributed by atoms with Gasteiger partial charge in [-0.15, -0.1) is 14.1 Å². The quantitative estimate of drug-likeness (QED) is 0.274. The lowest BCUT2D eigenvalue weighted by atomic mass is 10.0. The molecule has 0 saturated heterocycles. The van der Waals surface area contributed by atoms with Crippen LogP contribution in [0.25, 0.3) is 16.7 Å². The number of fused-ring (bicyclic) bond motifs is 4. The van der Waals surface area contributed by atoms with Gasteiger partial charge in [-0.1, -0.05) is 32.6 Å². The predicted molar refractivity (Wildman–Crippen MR) is 111 cm³/mol. The largest absolute Gasteiger partial charge is 0.506 e. The molecule has 0 saturated carbocycles. The molecule has 4 aromatic rings. The summed E-state index contributed by atoms with van der Waals surface area (Å²) in [4.78, 5) is 25.4. The monoisotopic (exact) mass is 409 g/mol. The van der Waals surface area contributed by atoms with Crippen LogP contribution >= 0.6 is 0 Å². The molecule has 2 heterocycles. The third kappa shape index (κ3) is 3.41. The summed E-state index contributed by atoms with van der Waals surface area (Å²) >= 11 is 0. The highest BCUT2D eigenvalue weighted by Gasteiger charge is 2.30. The first-order valence-electron chi connectivity index (χ1n) is 9.73. The second kappa shape index (κ2) is 7.62. The van der Waals surface area contributed by atoms with E-state index in [0.717, 1.165) is 23.6 Å². The van der Waals surface area contributed by atoms with E-state index in [1.807, 2.05) is 27.6 Å². The number of phenolic OH excluding ortho intramolecular Hbond substituents is 1. The van der Waals surface area contributed by atoms with Crippen LogP contribution in [0.1, 0.15) is 29.8 Å². The van der Waals surface area contributed by atoms with Crippen molar-refractivity contribution in [3.8, 4) is 11.4 Å². The van der Waals surface area contributed by atoms with Gasteiger partial charge in [0.25, 0.3) is 0 Å². The van der Waals surface area contributed by atoms with Crippen LogP contribution in [0.4, 0.5) is 0 Å². The third-order valence-corrected chi connectivity index (χ3v) is 4.78. The maximum absolute atomic E-state index is 12.5. The first kappa shape index (κ1) is 19.6. The molecule has 0 unspecified atom stereocenters. The molecular formula is C22H23N3O5. The summed E-state index contributed by atoms with van der Waals surface area (Å²) in [5.74, 6) is -0.412. The Bertz CT molecular complexity index is 1230. The van der Waals surface area contributed by atoms with E-state index in [2.05, 4.69) is 20.4 Å². The molecule has 0 bridgehead atoms. The molecule has 0 fully saturated rings. The Morgan fingerprint density at radius 3 is 2.63 bits per heavy atom. The highest BCUT2D eigenvalue weighted by Crippen LogP contribution is 2.33. The zero-order chi connectivity index (χ0) is 21.4. The molecule has 8 heteroatoms. The number of aromatic nitrogens is 3. The minimum atomic E-state index is -0.565. The Labute approximate surface area is 172 Å². The van der Waals surface area contributed by atoms with Gasteiger partial charge >= 0.3 is 11.9 Å². The zero-order valence-corrected chi connectivity index (χ0v) is 16.9. The summed E-state index contributed by atoms with van der Waals surface area (Å²) < 4.78 is 13.7. The fourth-order valence-corrected chi connectivity index (χ4v) is 3.49. The molecule has 0 spiro atoms. The van der Waals surface area contributed by atoms with Crippen molar-refractivity contribution < 1.29 is 24.2 Å². The van der Waals surface area contributed by atoms with Crippen LogP contribution in [0.3, 0.4) is 0 Å². The Balaban J connectivity index is 1.58. The number of nitrogens with zero attached hydrogens (tertiary/aromatic N) is 3. The molecule has 2 aromatic carbocycles. The lowest BCUT2D eigenvalue weighted by Gasteiger charge is -2.07. The number of aromatic hydroxyl groups is 1. The molecule has 0 atom stereocenters. The van der Waals surface area contributed by atoms with Crippen molar-refractivity contribution >= 4 is 23.0 Å². The standard InChI is InChI=1S/C22H23N3O5/c1-4-20(27)29-10-11-30-22(28)16-6-5-7-17-21(16)25-23(17)24(25)18-13-15(12-14(2)3)8-9-19(18)26/h4-9,13-14,26H,1,10-12H2,2-3H3. The van der Waals surface area contributed by atoms with Gasteiger partial charge in [0.05, 0.1) is 5.56 Å².